The molecule has 1 fully saturated rings. The predicted octanol–water partition coefficient (Wildman–Crippen LogP) is 3.08. The van der Waals surface area contributed by atoms with Crippen LogP contribution in [0, 0.1) is 11.6 Å². The number of benzene rings is 1. The first-order valence-corrected chi connectivity index (χ1v) is 7.65. The quantitative estimate of drug-likeness (QED) is 0.940. The Balaban J connectivity index is 1.69. The van der Waals surface area contributed by atoms with Crippen molar-refractivity contribution in [3.05, 3.63) is 53.9 Å². The lowest BCUT2D eigenvalue weighted by atomic mass is 10.1. The topological polar surface area (TPSA) is 37.3 Å². The Morgan fingerprint density at radius 3 is 2.65 bits per heavy atom. The van der Waals surface area contributed by atoms with Gasteiger partial charge in [-0.1, -0.05) is 6.07 Å². The van der Waals surface area contributed by atoms with Crippen molar-refractivity contribution < 1.29 is 13.6 Å². The molecular weight excluding hydrogens is 300 g/mol. The van der Waals surface area contributed by atoms with Crippen LogP contribution < -0.4 is 5.32 Å². The van der Waals surface area contributed by atoms with E-state index in [0.717, 1.165) is 37.2 Å². The number of hydrogen-bond donors (Lipinski definition) is 1. The normalized spacial score (nSPS) is 18.3. The second-order valence-corrected chi connectivity index (χ2v) is 5.82. The minimum Gasteiger partial charge on any atom is -0.353 e. The molecule has 1 N–H and O–H groups in total. The highest BCUT2D eigenvalue weighted by atomic mass is 19.1. The molecule has 6 heteroatoms. The highest BCUT2D eigenvalue weighted by Gasteiger charge is 2.29. The van der Waals surface area contributed by atoms with E-state index in [9.17, 15) is 13.6 Å². The first-order valence-electron chi connectivity index (χ1n) is 7.65. The summed E-state index contributed by atoms with van der Waals surface area (Å²) in [5.74, 6) is -1.94. The number of carbonyl (C=O) groups excluding carboxylic acids is 1. The number of aromatic nitrogens is 1. The Kier molecular flexibility index (Phi) is 4.43. The fourth-order valence-corrected chi connectivity index (χ4v) is 3.15. The number of likely N-dealkylation sites (tertiary alicyclic amines) is 1. The maximum absolute atomic E-state index is 13.6. The highest BCUT2D eigenvalue weighted by Crippen LogP contribution is 2.31. The smallest absolute Gasteiger partial charge is 0.238 e. The Hall–Kier alpha value is -2.21. The van der Waals surface area contributed by atoms with Gasteiger partial charge in [-0.3, -0.25) is 9.69 Å². The van der Waals surface area contributed by atoms with Gasteiger partial charge in [0.2, 0.25) is 5.91 Å². The van der Waals surface area contributed by atoms with Crippen molar-refractivity contribution in [3.63, 3.8) is 0 Å². The molecule has 2 heterocycles. The van der Waals surface area contributed by atoms with Crippen molar-refractivity contribution in [2.24, 2.45) is 7.05 Å². The van der Waals surface area contributed by atoms with E-state index in [2.05, 4.69) is 5.32 Å². The lowest BCUT2D eigenvalue weighted by Crippen LogP contribution is -2.33. The van der Waals surface area contributed by atoms with Gasteiger partial charge in [0.15, 0.2) is 0 Å². The van der Waals surface area contributed by atoms with Crippen LogP contribution in [0.4, 0.5) is 14.5 Å². The Morgan fingerprint density at radius 1 is 1.26 bits per heavy atom. The molecule has 0 radical (unpaired) electrons. The molecule has 0 bridgehead atoms. The van der Waals surface area contributed by atoms with Crippen molar-refractivity contribution in [2.75, 3.05) is 18.4 Å². The summed E-state index contributed by atoms with van der Waals surface area (Å²) in [6.45, 7) is 0.909. The third kappa shape index (κ3) is 3.27. The van der Waals surface area contributed by atoms with Crippen LogP contribution in [0.3, 0.4) is 0 Å². The van der Waals surface area contributed by atoms with E-state index < -0.39 is 17.5 Å². The highest BCUT2D eigenvalue weighted by molar-refractivity contribution is 5.92. The summed E-state index contributed by atoms with van der Waals surface area (Å²) in [6.07, 6.45) is 3.94. The molecular formula is C17H19F2N3O. The number of nitrogens with zero attached hydrogens (tertiary/aromatic N) is 2. The molecule has 0 spiro atoms. The van der Waals surface area contributed by atoms with E-state index in [1.807, 2.05) is 34.8 Å². The Labute approximate surface area is 133 Å². The van der Waals surface area contributed by atoms with E-state index in [4.69, 9.17) is 0 Å². The molecule has 1 saturated heterocycles. The molecule has 4 nitrogen and oxygen atoms in total. The van der Waals surface area contributed by atoms with Gasteiger partial charge >= 0.3 is 0 Å². The van der Waals surface area contributed by atoms with Gasteiger partial charge in [-0.15, -0.1) is 0 Å². The predicted molar refractivity (Wildman–Crippen MR) is 83.9 cm³/mol. The van der Waals surface area contributed by atoms with Crippen LogP contribution in [0.5, 0.6) is 0 Å². The maximum atomic E-state index is 13.6. The average Bonchev–Trinajstić information content (AvgIpc) is 3.11. The van der Waals surface area contributed by atoms with Crippen LogP contribution in [-0.4, -0.2) is 28.5 Å². The van der Waals surface area contributed by atoms with Crippen LogP contribution in [0.25, 0.3) is 0 Å². The van der Waals surface area contributed by atoms with Gasteiger partial charge in [0.1, 0.15) is 17.3 Å². The second-order valence-electron chi connectivity index (χ2n) is 5.82. The zero-order chi connectivity index (χ0) is 16.4. The zero-order valence-electron chi connectivity index (χ0n) is 12.9. The number of para-hydroxylation sites is 1. The average molecular weight is 319 g/mol. The number of rotatable bonds is 4. The van der Waals surface area contributed by atoms with Crippen LogP contribution in [0.1, 0.15) is 24.6 Å². The number of carbonyl (C=O) groups is 1. The number of anilines is 1. The van der Waals surface area contributed by atoms with Crippen LogP contribution >= 0.6 is 0 Å². The van der Waals surface area contributed by atoms with Crippen molar-refractivity contribution in [1.82, 2.24) is 9.47 Å². The van der Waals surface area contributed by atoms with Crippen LogP contribution in [-0.2, 0) is 11.8 Å². The standard InChI is InChI=1S/C17H19F2N3O/c1-21-9-3-7-14(21)15-8-4-10-22(15)11-16(23)20-17-12(18)5-2-6-13(17)19/h2-3,5-7,9,15H,4,8,10-11H2,1H3,(H,20,23)/t15-/m0/s1. The van der Waals surface area contributed by atoms with Gasteiger partial charge in [0, 0.05) is 18.9 Å². The molecule has 2 aromatic rings. The molecule has 122 valence electrons. The van der Waals surface area contributed by atoms with Crippen LogP contribution in [0.2, 0.25) is 0 Å². The summed E-state index contributed by atoms with van der Waals surface area (Å²) in [6, 6.07) is 7.69. The second kappa shape index (κ2) is 6.50. The lowest BCUT2D eigenvalue weighted by molar-refractivity contribution is -0.117. The summed E-state index contributed by atoms with van der Waals surface area (Å²) >= 11 is 0. The summed E-state index contributed by atoms with van der Waals surface area (Å²) in [5.41, 5.74) is 0.763. The number of nitrogens with one attached hydrogen (secondary N) is 1. The van der Waals surface area contributed by atoms with Crippen LogP contribution in [0.15, 0.2) is 36.5 Å². The first-order chi connectivity index (χ1) is 11.1. The monoisotopic (exact) mass is 319 g/mol. The van der Waals surface area contributed by atoms with Gasteiger partial charge < -0.3 is 9.88 Å². The third-order valence-electron chi connectivity index (χ3n) is 4.26. The Bertz CT molecular complexity index is 693. The number of hydrogen-bond acceptors (Lipinski definition) is 2. The fraction of sp³-hybridized carbons (Fsp3) is 0.353. The molecule has 3 rings (SSSR count). The number of aryl methyl sites for hydroxylation is 1. The molecule has 1 aromatic heterocycles. The molecule has 0 unspecified atom stereocenters. The third-order valence-corrected chi connectivity index (χ3v) is 4.26. The first kappa shape index (κ1) is 15.7. The van der Waals surface area contributed by atoms with Crippen molar-refractivity contribution in [3.8, 4) is 0 Å². The maximum Gasteiger partial charge on any atom is 0.238 e. The summed E-state index contributed by atoms with van der Waals surface area (Å²) < 4.78 is 29.3. The SMILES string of the molecule is Cn1cccc1[C@@H]1CCCN1CC(=O)Nc1c(F)cccc1F. The van der Waals surface area contributed by atoms with Gasteiger partial charge in [0.25, 0.3) is 0 Å². The molecule has 1 aromatic carbocycles. The summed E-state index contributed by atoms with van der Waals surface area (Å²) in [5, 5.41) is 2.35. The van der Waals surface area contributed by atoms with Gasteiger partial charge in [0.05, 0.1) is 12.6 Å². The summed E-state index contributed by atoms with van der Waals surface area (Å²) in [7, 11) is 1.97. The Morgan fingerprint density at radius 2 is 2.00 bits per heavy atom. The van der Waals surface area contributed by atoms with Gasteiger partial charge in [-0.2, -0.15) is 0 Å². The lowest BCUT2D eigenvalue weighted by Gasteiger charge is -2.24. The number of amides is 1. The molecule has 23 heavy (non-hydrogen) atoms. The van der Waals surface area contributed by atoms with Crippen molar-refractivity contribution in [2.45, 2.75) is 18.9 Å². The minimum atomic E-state index is -0.765. The van der Waals surface area contributed by atoms with E-state index >= 15 is 0 Å². The van der Waals surface area contributed by atoms with Crippen molar-refractivity contribution in [1.29, 1.82) is 0 Å². The zero-order valence-corrected chi connectivity index (χ0v) is 12.9. The van der Waals surface area contributed by atoms with Gasteiger partial charge in [-0.05, 0) is 43.7 Å². The molecule has 1 aliphatic rings. The molecule has 1 aliphatic heterocycles. The van der Waals surface area contributed by atoms with E-state index in [-0.39, 0.29) is 18.3 Å². The minimum absolute atomic E-state index is 0.115. The van der Waals surface area contributed by atoms with E-state index in [1.54, 1.807) is 0 Å². The van der Waals surface area contributed by atoms with E-state index in [1.165, 1.54) is 6.07 Å². The fourth-order valence-electron chi connectivity index (χ4n) is 3.15. The molecule has 1 amide bonds. The largest absolute Gasteiger partial charge is 0.353 e. The number of halogens is 2. The van der Waals surface area contributed by atoms with Gasteiger partial charge in [-0.25, -0.2) is 8.78 Å². The molecule has 0 aliphatic carbocycles. The van der Waals surface area contributed by atoms with Crippen molar-refractivity contribution >= 4 is 11.6 Å². The van der Waals surface area contributed by atoms with E-state index in [0.29, 0.717) is 0 Å². The summed E-state index contributed by atoms with van der Waals surface area (Å²) in [4.78, 5) is 14.2. The molecule has 0 saturated carbocycles. The molecule has 1 atom stereocenters.